The van der Waals surface area contributed by atoms with Crippen molar-refractivity contribution in [3.8, 4) is 17.2 Å². The Bertz CT molecular complexity index is 1710. The van der Waals surface area contributed by atoms with Crippen LogP contribution >= 0.6 is 11.3 Å². The molecule has 1 aliphatic rings. The summed E-state index contributed by atoms with van der Waals surface area (Å²) < 4.78 is 23.2. The van der Waals surface area contributed by atoms with Gasteiger partial charge in [-0.15, -0.1) is 0 Å². The van der Waals surface area contributed by atoms with Crippen molar-refractivity contribution in [1.29, 1.82) is 0 Å². The van der Waals surface area contributed by atoms with Gasteiger partial charge in [0, 0.05) is 13.8 Å². The molecule has 0 bridgehead atoms. The SMILES string of the molecule is COc1cc([C@@H]2C(C(=O)OCC(C)C)=C(C)N=c3s/c(=C\c4ccc(OC(C)=O)cc4)c(=O)n32)ccc1OC(C)=O. The molecule has 3 aromatic rings. The minimum Gasteiger partial charge on any atom is -0.493 e. The summed E-state index contributed by atoms with van der Waals surface area (Å²) in [6, 6.07) is 10.7. The number of esters is 3. The van der Waals surface area contributed by atoms with Crippen molar-refractivity contribution in [2.75, 3.05) is 13.7 Å². The maximum absolute atomic E-state index is 13.9. The number of benzene rings is 2. The molecule has 10 nitrogen and oxygen atoms in total. The molecule has 0 fully saturated rings. The minimum absolute atomic E-state index is 0.106. The van der Waals surface area contributed by atoms with Crippen molar-refractivity contribution < 1.29 is 33.3 Å². The number of thiazole rings is 1. The molecule has 0 aliphatic carbocycles. The number of fused-ring (bicyclic) bond motifs is 1. The average molecular weight is 579 g/mol. The first kappa shape index (κ1) is 29.5. The average Bonchev–Trinajstić information content (AvgIpc) is 3.21. The van der Waals surface area contributed by atoms with E-state index >= 15 is 0 Å². The Balaban J connectivity index is 1.87. The van der Waals surface area contributed by atoms with Crippen LogP contribution in [-0.4, -0.2) is 36.2 Å². The van der Waals surface area contributed by atoms with Gasteiger partial charge in [0.15, 0.2) is 16.3 Å². The van der Waals surface area contributed by atoms with Crippen LogP contribution in [-0.2, 0) is 19.1 Å². The first-order chi connectivity index (χ1) is 19.5. The highest BCUT2D eigenvalue weighted by Crippen LogP contribution is 2.36. The van der Waals surface area contributed by atoms with Gasteiger partial charge in [0.25, 0.3) is 5.56 Å². The molecule has 0 saturated carbocycles. The van der Waals surface area contributed by atoms with E-state index in [-0.39, 0.29) is 35.2 Å². The van der Waals surface area contributed by atoms with Crippen LogP contribution < -0.4 is 29.1 Å². The van der Waals surface area contributed by atoms with E-state index in [9.17, 15) is 19.2 Å². The Morgan fingerprint density at radius 1 is 1.02 bits per heavy atom. The summed E-state index contributed by atoms with van der Waals surface area (Å²) in [5.41, 5.74) is 1.54. The number of methoxy groups -OCH3 is 1. The molecule has 1 aromatic heterocycles. The maximum Gasteiger partial charge on any atom is 0.338 e. The Kier molecular flexibility index (Phi) is 8.87. The second-order valence-corrected chi connectivity index (χ2v) is 10.7. The third kappa shape index (κ3) is 6.63. The van der Waals surface area contributed by atoms with Gasteiger partial charge in [-0.25, -0.2) is 9.79 Å². The summed E-state index contributed by atoms with van der Waals surface area (Å²) in [6.07, 6.45) is 1.71. The highest BCUT2D eigenvalue weighted by molar-refractivity contribution is 7.07. The fourth-order valence-electron chi connectivity index (χ4n) is 4.26. The molecule has 11 heteroatoms. The third-order valence-corrected chi connectivity index (χ3v) is 6.97. The first-order valence-corrected chi connectivity index (χ1v) is 13.6. The van der Waals surface area contributed by atoms with Crippen LogP contribution in [0.2, 0.25) is 0 Å². The van der Waals surface area contributed by atoms with Gasteiger partial charge < -0.3 is 18.9 Å². The Morgan fingerprint density at radius 3 is 2.32 bits per heavy atom. The van der Waals surface area contributed by atoms with Gasteiger partial charge in [0.05, 0.1) is 35.6 Å². The van der Waals surface area contributed by atoms with E-state index in [0.717, 1.165) is 0 Å². The lowest BCUT2D eigenvalue weighted by Gasteiger charge is -2.25. The van der Waals surface area contributed by atoms with Crippen molar-refractivity contribution in [3.05, 3.63) is 84.5 Å². The highest BCUT2D eigenvalue weighted by Gasteiger charge is 2.34. The summed E-state index contributed by atoms with van der Waals surface area (Å²) in [4.78, 5) is 55.1. The van der Waals surface area contributed by atoms with E-state index in [2.05, 4.69) is 4.99 Å². The van der Waals surface area contributed by atoms with Gasteiger partial charge in [-0.3, -0.25) is 19.0 Å². The third-order valence-electron chi connectivity index (χ3n) is 5.99. The predicted octanol–water partition coefficient (Wildman–Crippen LogP) is 3.29. The van der Waals surface area contributed by atoms with E-state index < -0.39 is 23.9 Å². The quantitative estimate of drug-likeness (QED) is 0.295. The van der Waals surface area contributed by atoms with Crippen LogP contribution in [0.1, 0.15) is 51.8 Å². The first-order valence-electron chi connectivity index (χ1n) is 12.8. The summed E-state index contributed by atoms with van der Waals surface area (Å²) in [7, 11) is 1.43. The highest BCUT2D eigenvalue weighted by atomic mass is 32.1. The number of hydrogen-bond donors (Lipinski definition) is 0. The number of hydrogen-bond acceptors (Lipinski definition) is 10. The summed E-state index contributed by atoms with van der Waals surface area (Å²) in [5.74, 6) is -0.559. The molecule has 0 saturated heterocycles. The number of ether oxygens (including phenoxy) is 4. The molecule has 1 aliphatic heterocycles. The number of rotatable bonds is 8. The van der Waals surface area contributed by atoms with Crippen LogP contribution in [0.5, 0.6) is 17.2 Å². The molecule has 0 N–H and O–H groups in total. The molecule has 2 heterocycles. The molecule has 1 atom stereocenters. The number of carbonyl (C=O) groups is 3. The van der Waals surface area contributed by atoms with Crippen LogP contribution in [0.15, 0.2) is 63.5 Å². The van der Waals surface area contributed by atoms with Crippen molar-refractivity contribution in [2.24, 2.45) is 10.9 Å². The van der Waals surface area contributed by atoms with Gasteiger partial charge in [-0.05, 0) is 54.3 Å². The summed E-state index contributed by atoms with van der Waals surface area (Å²) >= 11 is 1.18. The fraction of sp³-hybridized carbons (Fsp3) is 0.300. The molecule has 0 amide bonds. The monoisotopic (exact) mass is 578 g/mol. The van der Waals surface area contributed by atoms with Crippen LogP contribution in [0.3, 0.4) is 0 Å². The van der Waals surface area contributed by atoms with E-state index in [0.29, 0.717) is 31.9 Å². The maximum atomic E-state index is 13.9. The minimum atomic E-state index is -0.875. The van der Waals surface area contributed by atoms with Crippen LogP contribution in [0.25, 0.3) is 6.08 Å². The van der Waals surface area contributed by atoms with Gasteiger partial charge in [0.2, 0.25) is 0 Å². The molecule has 0 spiro atoms. The molecule has 214 valence electrons. The number of aromatic nitrogens is 1. The zero-order valence-electron chi connectivity index (χ0n) is 23.5. The second kappa shape index (κ2) is 12.3. The van der Waals surface area contributed by atoms with Crippen molar-refractivity contribution >= 4 is 35.3 Å². The van der Waals surface area contributed by atoms with Crippen molar-refractivity contribution in [1.82, 2.24) is 4.57 Å². The van der Waals surface area contributed by atoms with Crippen molar-refractivity contribution in [2.45, 2.75) is 40.7 Å². The van der Waals surface area contributed by atoms with Crippen LogP contribution in [0, 0.1) is 5.92 Å². The predicted molar refractivity (Wildman–Crippen MR) is 152 cm³/mol. The smallest absolute Gasteiger partial charge is 0.338 e. The molecule has 0 unspecified atom stereocenters. The lowest BCUT2D eigenvalue weighted by atomic mass is 9.95. The molecule has 2 aromatic carbocycles. The number of allylic oxidation sites excluding steroid dienone is 1. The molecule has 4 rings (SSSR count). The Hall–Kier alpha value is -4.51. The number of carbonyl (C=O) groups excluding carboxylic acids is 3. The lowest BCUT2D eigenvalue weighted by molar-refractivity contribution is -0.140. The van der Waals surface area contributed by atoms with Gasteiger partial charge in [-0.2, -0.15) is 0 Å². The largest absolute Gasteiger partial charge is 0.493 e. The lowest BCUT2D eigenvalue weighted by Crippen LogP contribution is -2.40. The van der Waals surface area contributed by atoms with E-state index in [4.69, 9.17) is 18.9 Å². The second-order valence-electron chi connectivity index (χ2n) is 9.74. The summed E-state index contributed by atoms with van der Waals surface area (Å²) in [6.45, 7) is 8.36. The fourth-order valence-corrected chi connectivity index (χ4v) is 5.31. The molecule has 41 heavy (non-hydrogen) atoms. The Labute approximate surface area is 240 Å². The normalized spacial score (nSPS) is 14.8. The van der Waals surface area contributed by atoms with Crippen molar-refractivity contribution in [3.63, 3.8) is 0 Å². The zero-order chi connectivity index (χ0) is 29.8. The molecule has 0 radical (unpaired) electrons. The molecular weight excluding hydrogens is 548 g/mol. The van der Waals surface area contributed by atoms with E-state index in [1.165, 1.54) is 36.9 Å². The number of nitrogens with zero attached hydrogens (tertiary/aromatic N) is 2. The standard InChI is InChI=1S/C30H30N2O8S/c1-16(2)15-38-29(36)26-17(3)31-30-32(27(26)21-9-12-23(40-19(5)34)24(14-21)37-6)28(35)25(41-30)13-20-7-10-22(11-8-20)39-18(4)33/h7-14,16,27H,15H2,1-6H3/b25-13-/t27-/m1/s1. The van der Waals surface area contributed by atoms with Crippen LogP contribution in [0.4, 0.5) is 0 Å². The van der Waals surface area contributed by atoms with E-state index in [1.54, 1.807) is 55.5 Å². The topological polar surface area (TPSA) is 122 Å². The molecular formula is C30H30N2O8S. The Morgan fingerprint density at radius 2 is 1.71 bits per heavy atom. The van der Waals surface area contributed by atoms with Gasteiger partial charge in [0.1, 0.15) is 5.75 Å². The zero-order valence-corrected chi connectivity index (χ0v) is 24.4. The van der Waals surface area contributed by atoms with E-state index in [1.807, 2.05) is 13.8 Å². The van der Waals surface area contributed by atoms with Gasteiger partial charge >= 0.3 is 17.9 Å². The summed E-state index contributed by atoms with van der Waals surface area (Å²) in [5, 5.41) is 0. The van der Waals surface area contributed by atoms with Gasteiger partial charge in [-0.1, -0.05) is 43.4 Å².